The second-order valence-electron chi connectivity index (χ2n) is 5.66. The van der Waals surface area contributed by atoms with E-state index in [2.05, 4.69) is 9.97 Å². The van der Waals surface area contributed by atoms with Crippen molar-refractivity contribution in [1.82, 2.24) is 9.97 Å². The number of nitrogens with zero attached hydrogens (tertiary/aromatic N) is 2. The minimum absolute atomic E-state index is 0.150. The molecular weight excluding hydrogens is 348 g/mol. The van der Waals surface area contributed by atoms with E-state index in [-0.39, 0.29) is 28.3 Å². The molecule has 7 heteroatoms. The lowest BCUT2D eigenvalue weighted by atomic mass is 10.1. The maximum absolute atomic E-state index is 12.2. The minimum atomic E-state index is -0.597. The maximum Gasteiger partial charge on any atom is 0.345 e. The molecule has 0 aliphatic heterocycles. The number of ether oxygens (including phenoxy) is 1. The summed E-state index contributed by atoms with van der Waals surface area (Å²) in [5.74, 6) is -0.443. The highest BCUT2D eigenvalue weighted by Gasteiger charge is 2.14. The van der Waals surface area contributed by atoms with Gasteiger partial charge in [0.15, 0.2) is 5.43 Å². The summed E-state index contributed by atoms with van der Waals surface area (Å²) in [7, 11) is 0. The Bertz CT molecular complexity index is 1200. The van der Waals surface area contributed by atoms with Gasteiger partial charge in [-0.05, 0) is 30.3 Å². The lowest BCUT2D eigenvalue weighted by molar-refractivity contribution is 0.0734. The van der Waals surface area contributed by atoms with Gasteiger partial charge in [0.2, 0.25) is 0 Å². The average molecular weight is 360 g/mol. The standard InChI is InChI=1S/C20H12N2O5/c23-16-8-13(26-20(25)12-2-1-6-21-10-12)3-4-14(16)19-9-17(24)15-11-22-7-5-18(15)27-19/h1-11,23H. The number of hydrogen-bond acceptors (Lipinski definition) is 7. The van der Waals surface area contributed by atoms with Crippen LogP contribution in [0.5, 0.6) is 11.5 Å². The van der Waals surface area contributed by atoms with Crippen molar-refractivity contribution in [3.8, 4) is 22.8 Å². The van der Waals surface area contributed by atoms with E-state index in [0.717, 1.165) is 0 Å². The lowest BCUT2D eigenvalue weighted by Crippen LogP contribution is -2.08. The zero-order valence-electron chi connectivity index (χ0n) is 13.8. The molecule has 27 heavy (non-hydrogen) atoms. The quantitative estimate of drug-likeness (QED) is 0.442. The van der Waals surface area contributed by atoms with Crippen molar-refractivity contribution in [3.05, 3.63) is 83.0 Å². The number of rotatable bonds is 3. The number of phenolic OH excluding ortho intramolecular Hbond substituents is 1. The molecule has 0 amide bonds. The summed E-state index contributed by atoms with van der Waals surface area (Å²) in [6.45, 7) is 0. The molecule has 3 aromatic heterocycles. The van der Waals surface area contributed by atoms with Crippen LogP contribution < -0.4 is 10.2 Å². The summed E-state index contributed by atoms with van der Waals surface area (Å²) in [5, 5.41) is 10.7. The minimum Gasteiger partial charge on any atom is -0.507 e. The zero-order valence-corrected chi connectivity index (χ0v) is 13.8. The van der Waals surface area contributed by atoms with Gasteiger partial charge in [-0.3, -0.25) is 14.8 Å². The van der Waals surface area contributed by atoms with Gasteiger partial charge in [0.25, 0.3) is 0 Å². The predicted molar refractivity (Wildman–Crippen MR) is 96.6 cm³/mol. The van der Waals surface area contributed by atoms with Gasteiger partial charge in [-0.25, -0.2) is 4.79 Å². The first-order valence-corrected chi connectivity index (χ1v) is 7.95. The number of phenols is 1. The summed E-state index contributed by atoms with van der Waals surface area (Å²) in [5.41, 5.74) is 0.673. The van der Waals surface area contributed by atoms with Crippen LogP contribution in [-0.4, -0.2) is 21.0 Å². The van der Waals surface area contributed by atoms with Gasteiger partial charge >= 0.3 is 5.97 Å². The molecule has 0 atom stereocenters. The average Bonchev–Trinajstić information content (AvgIpc) is 2.69. The van der Waals surface area contributed by atoms with Crippen LogP contribution in [0.15, 0.2) is 76.5 Å². The van der Waals surface area contributed by atoms with Gasteiger partial charge in [-0.1, -0.05) is 0 Å². The Labute approximate surface area is 152 Å². The highest BCUT2D eigenvalue weighted by molar-refractivity contribution is 5.90. The first kappa shape index (κ1) is 16.5. The van der Waals surface area contributed by atoms with Crippen molar-refractivity contribution in [2.75, 3.05) is 0 Å². The second kappa shape index (κ2) is 6.72. The highest BCUT2D eigenvalue weighted by Crippen LogP contribution is 2.33. The number of carbonyl (C=O) groups excluding carboxylic acids is 1. The van der Waals surface area contributed by atoms with Crippen LogP contribution in [0.1, 0.15) is 10.4 Å². The fraction of sp³-hybridized carbons (Fsp3) is 0. The first-order valence-electron chi connectivity index (χ1n) is 7.95. The summed E-state index contributed by atoms with van der Waals surface area (Å²) >= 11 is 0. The van der Waals surface area contributed by atoms with Gasteiger partial charge in [-0.2, -0.15) is 0 Å². The molecule has 3 heterocycles. The zero-order chi connectivity index (χ0) is 18.8. The molecule has 4 aromatic rings. The smallest absolute Gasteiger partial charge is 0.345 e. The molecule has 0 unspecified atom stereocenters. The van der Waals surface area contributed by atoms with E-state index < -0.39 is 5.97 Å². The number of aromatic nitrogens is 2. The Morgan fingerprint density at radius 2 is 1.89 bits per heavy atom. The van der Waals surface area contributed by atoms with Gasteiger partial charge in [0, 0.05) is 36.9 Å². The summed E-state index contributed by atoms with van der Waals surface area (Å²) in [6, 6.07) is 10.3. The van der Waals surface area contributed by atoms with Crippen molar-refractivity contribution in [2.24, 2.45) is 0 Å². The van der Waals surface area contributed by atoms with Crippen molar-refractivity contribution in [1.29, 1.82) is 0 Å². The Morgan fingerprint density at radius 3 is 2.67 bits per heavy atom. The molecule has 0 spiro atoms. The van der Waals surface area contributed by atoms with E-state index in [1.54, 1.807) is 24.4 Å². The molecule has 0 saturated heterocycles. The summed E-state index contributed by atoms with van der Waals surface area (Å²) in [6.07, 6.45) is 5.86. The Hall–Kier alpha value is -4.00. The Kier molecular flexibility index (Phi) is 4.10. The van der Waals surface area contributed by atoms with Crippen molar-refractivity contribution < 1.29 is 19.1 Å². The van der Waals surface area contributed by atoms with Crippen molar-refractivity contribution in [2.45, 2.75) is 0 Å². The van der Waals surface area contributed by atoms with Crippen LogP contribution in [0, 0.1) is 0 Å². The van der Waals surface area contributed by atoms with E-state index >= 15 is 0 Å². The van der Waals surface area contributed by atoms with Crippen LogP contribution in [0.3, 0.4) is 0 Å². The van der Waals surface area contributed by atoms with Gasteiger partial charge in [0.05, 0.1) is 16.5 Å². The third-order valence-electron chi connectivity index (χ3n) is 3.87. The van der Waals surface area contributed by atoms with Crippen LogP contribution in [0.2, 0.25) is 0 Å². The normalized spacial score (nSPS) is 10.7. The van der Waals surface area contributed by atoms with Crippen molar-refractivity contribution >= 4 is 16.9 Å². The number of fused-ring (bicyclic) bond motifs is 1. The SMILES string of the molecule is O=C(Oc1ccc(-c2cc(=O)c3cnccc3o2)c(O)c1)c1cccnc1. The molecule has 1 N–H and O–H groups in total. The molecule has 0 radical (unpaired) electrons. The molecule has 0 fully saturated rings. The van der Waals surface area contributed by atoms with Gasteiger partial charge < -0.3 is 14.3 Å². The molecule has 0 aliphatic rings. The Balaban J connectivity index is 1.66. The fourth-order valence-electron chi connectivity index (χ4n) is 2.57. The highest BCUT2D eigenvalue weighted by atomic mass is 16.5. The predicted octanol–water partition coefficient (Wildman–Crippen LogP) is 3.17. The van der Waals surface area contributed by atoms with E-state index in [1.165, 1.54) is 42.9 Å². The molecule has 0 bridgehead atoms. The number of pyridine rings is 2. The second-order valence-corrected chi connectivity index (χ2v) is 5.66. The lowest BCUT2D eigenvalue weighted by Gasteiger charge is -2.08. The summed E-state index contributed by atoms with van der Waals surface area (Å²) < 4.78 is 10.9. The van der Waals surface area contributed by atoms with E-state index in [1.807, 2.05) is 0 Å². The molecule has 1 aromatic carbocycles. The van der Waals surface area contributed by atoms with Crippen LogP contribution in [-0.2, 0) is 0 Å². The molecule has 4 rings (SSSR count). The molecule has 7 nitrogen and oxygen atoms in total. The molecule has 0 aliphatic carbocycles. The van der Waals surface area contributed by atoms with Crippen LogP contribution in [0.25, 0.3) is 22.3 Å². The van der Waals surface area contributed by atoms with Gasteiger partial charge in [-0.15, -0.1) is 0 Å². The number of carbonyl (C=O) groups is 1. The molecule has 132 valence electrons. The molecular formula is C20H12N2O5. The van der Waals surface area contributed by atoms with Crippen molar-refractivity contribution in [3.63, 3.8) is 0 Å². The maximum atomic E-state index is 12.2. The van der Waals surface area contributed by atoms with Crippen LogP contribution >= 0.6 is 0 Å². The first-order chi connectivity index (χ1) is 13.1. The van der Waals surface area contributed by atoms with E-state index in [4.69, 9.17) is 9.15 Å². The Morgan fingerprint density at radius 1 is 1.04 bits per heavy atom. The largest absolute Gasteiger partial charge is 0.507 e. The molecule has 0 saturated carbocycles. The van der Waals surface area contributed by atoms with Gasteiger partial charge in [0.1, 0.15) is 22.8 Å². The van der Waals surface area contributed by atoms with E-state index in [9.17, 15) is 14.7 Å². The number of esters is 1. The monoisotopic (exact) mass is 360 g/mol. The summed E-state index contributed by atoms with van der Waals surface area (Å²) in [4.78, 5) is 32.0. The third-order valence-corrected chi connectivity index (χ3v) is 3.87. The topological polar surface area (TPSA) is 103 Å². The fourth-order valence-corrected chi connectivity index (χ4v) is 2.57. The van der Waals surface area contributed by atoms with E-state index in [0.29, 0.717) is 16.5 Å². The number of benzene rings is 1. The number of aromatic hydroxyl groups is 1. The van der Waals surface area contributed by atoms with Crippen LogP contribution in [0.4, 0.5) is 0 Å². The number of hydrogen-bond donors (Lipinski definition) is 1. The third kappa shape index (κ3) is 3.25.